The number of carbonyl (C=O) groups is 2. The highest BCUT2D eigenvalue weighted by molar-refractivity contribution is 5.89. The summed E-state index contributed by atoms with van der Waals surface area (Å²) in [6, 6.07) is -0.0764. The average Bonchev–Trinajstić information content (AvgIpc) is 2.76. The summed E-state index contributed by atoms with van der Waals surface area (Å²) < 4.78 is 0. The van der Waals surface area contributed by atoms with Gasteiger partial charge in [-0.05, 0) is 18.3 Å². The third-order valence-corrected chi connectivity index (χ3v) is 3.23. The Morgan fingerprint density at radius 3 is 2.69 bits per heavy atom. The molecule has 1 saturated heterocycles. The van der Waals surface area contributed by atoms with Crippen molar-refractivity contribution in [3.63, 3.8) is 0 Å². The SMILES string of the molecule is CCC(=O)C1C2CC2CN1C(C)=O. The standard InChI is InChI=1S/C10H15NO2/c1-3-9(13)10-8-4-7(8)5-11(10)6(2)12/h7-8,10H,3-5H2,1-2H3. The van der Waals surface area contributed by atoms with E-state index in [1.807, 2.05) is 6.92 Å². The van der Waals surface area contributed by atoms with Crippen LogP contribution in [0.1, 0.15) is 26.7 Å². The molecule has 2 aliphatic rings. The minimum atomic E-state index is -0.0764. The first-order valence-electron chi connectivity index (χ1n) is 4.95. The van der Waals surface area contributed by atoms with Gasteiger partial charge in [0.1, 0.15) is 0 Å². The van der Waals surface area contributed by atoms with Crippen LogP contribution in [0.15, 0.2) is 0 Å². The van der Waals surface area contributed by atoms with E-state index in [9.17, 15) is 9.59 Å². The number of carbonyl (C=O) groups excluding carboxylic acids is 2. The Hall–Kier alpha value is -0.860. The lowest BCUT2D eigenvalue weighted by Gasteiger charge is -2.24. The Labute approximate surface area is 78.1 Å². The average molecular weight is 181 g/mol. The molecule has 0 bridgehead atoms. The lowest BCUT2D eigenvalue weighted by atomic mass is 10.1. The van der Waals surface area contributed by atoms with E-state index in [4.69, 9.17) is 0 Å². The number of likely N-dealkylation sites (tertiary alicyclic amines) is 1. The predicted molar refractivity (Wildman–Crippen MR) is 48.1 cm³/mol. The van der Waals surface area contributed by atoms with Crippen LogP contribution >= 0.6 is 0 Å². The maximum Gasteiger partial charge on any atom is 0.220 e. The van der Waals surface area contributed by atoms with Crippen molar-refractivity contribution in [1.29, 1.82) is 0 Å². The zero-order valence-electron chi connectivity index (χ0n) is 8.12. The smallest absolute Gasteiger partial charge is 0.220 e. The molecule has 0 aromatic heterocycles. The van der Waals surface area contributed by atoms with Crippen LogP contribution in [0.25, 0.3) is 0 Å². The second-order valence-corrected chi connectivity index (χ2v) is 4.10. The molecule has 0 aromatic rings. The molecule has 0 N–H and O–H groups in total. The fourth-order valence-electron chi connectivity index (χ4n) is 2.41. The number of rotatable bonds is 2. The lowest BCUT2D eigenvalue weighted by molar-refractivity contribution is -0.136. The number of Topliss-reactive ketones (excluding diaryl/α,β-unsaturated/α-hetero) is 1. The van der Waals surface area contributed by atoms with E-state index in [1.54, 1.807) is 11.8 Å². The molecule has 0 spiro atoms. The number of hydrogen-bond acceptors (Lipinski definition) is 2. The molecule has 2 fully saturated rings. The van der Waals surface area contributed by atoms with Gasteiger partial charge in [-0.1, -0.05) is 6.92 Å². The highest BCUT2D eigenvalue weighted by Gasteiger charge is 2.55. The first-order valence-corrected chi connectivity index (χ1v) is 4.95. The van der Waals surface area contributed by atoms with Gasteiger partial charge >= 0.3 is 0 Å². The van der Waals surface area contributed by atoms with Crippen molar-refractivity contribution >= 4 is 11.7 Å². The molecule has 1 saturated carbocycles. The minimum Gasteiger partial charge on any atom is -0.332 e. The van der Waals surface area contributed by atoms with Crippen molar-refractivity contribution in [2.24, 2.45) is 11.8 Å². The van der Waals surface area contributed by atoms with E-state index in [0.717, 1.165) is 13.0 Å². The second kappa shape index (κ2) is 2.82. The third-order valence-electron chi connectivity index (χ3n) is 3.23. The molecular formula is C10H15NO2. The zero-order valence-corrected chi connectivity index (χ0v) is 8.12. The highest BCUT2D eigenvalue weighted by Crippen LogP contribution is 2.49. The number of nitrogens with zero attached hydrogens (tertiary/aromatic N) is 1. The van der Waals surface area contributed by atoms with E-state index < -0.39 is 0 Å². The monoisotopic (exact) mass is 181 g/mol. The molecule has 0 radical (unpaired) electrons. The fourth-order valence-corrected chi connectivity index (χ4v) is 2.41. The number of fused-ring (bicyclic) bond motifs is 1. The van der Waals surface area contributed by atoms with Crippen LogP contribution in [0.3, 0.4) is 0 Å². The molecule has 72 valence electrons. The predicted octanol–water partition coefficient (Wildman–Crippen LogP) is 0.832. The molecular weight excluding hydrogens is 166 g/mol. The first-order chi connectivity index (χ1) is 6.15. The molecule has 3 nitrogen and oxygen atoms in total. The Morgan fingerprint density at radius 1 is 1.46 bits per heavy atom. The van der Waals surface area contributed by atoms with E-state index in [0.29, 0.717) is 18.3 Å². The van der Waals surface area contributed by atoms with Crippen molar-refractivity contribution < 1.29 is 9.59 Å². The number of amides is 1. The highest BCUT2D eigenvalue weighted by atomic mass is 16.2. The van der Waals surface area contributed by atoms with Crippen LogP contribution in [0.2, 0.25) is 0 Å². The maximum atomic E-state index is 11.6. The van der Waals surface area contributed by atoms with Gasteiger partial charge < -0.3 is 4.90 Å². The van der Waals surface area contributed by atoms with Gasteiger partial charge in [0.2, 0.25) is 5.91 Å². The van der Waals surface area contributed by atoms with Gasteiger partial charge in [0.25, 0.3) is 0 Å². The van der Waals surface area contributed by atoms with E-state index in [-0.39, 0.29) is 17.7 Å². The van der Waals surface area contributed by atoms with Crippen LogP contribution in [0.4, 0.5) is 0 Å². The third kappa shape index (κ3) is 1.26. The molecule has 1 aliphatic carbocycles. The summed E-state index contributed by atoms with van der Waals surface area (Å²) in [5.41, 5.74) is 0. The quantitative estimate of drug-likeness (QED) is 0.633. The van der Waals surface area contributed by atoms with Gasteiger partial charge in [0, 0.05) is 19.9 Å². The van der Waals surface area contributed by atoms with Crippen molar-refractivity contribution in [3.05, 3.63) is 0 Å². The Bertz CT molecular complexity index is 262. The van der Waals surface area contributed by atoms with Crippen molar-refractivity contribution in [2.45, 2.75) is 32.7 Å². The van der Waals surface area contributed by atoms with Gasteiger partial charge in [-0.25, -0.2) is 0 Å². The first kappa shape index (κ1) is 8.73. The summed E-state index contributed by atoms with van der Waals surface area (Å²) in [6.07, 6.45) is 1.71. The Kier molecular flexibility index (Phi) is 1.90. The van der Waals surface area contributed by atoms with Gasteiger partial charge in [-0.3, -0.25) is 9.59 Å². The van der Waals surface area contributed by atoms with Crippen molar-refractivity contribution in [3.8, 4) is 0 Å². The van der Waals surface area contributed by atoms with Gasteiger partial charge in [0.05, 0.1) is 6.04 Å². The molecule has 13 heavy (non-hydrogen) atoms. The van der Waals surface area contributed by atoms with E-state index in [2.05, 4.69) is 0 Å². The molecule has 3 heteroatoms. The summed E-state index contributed by atoms with van der Waals surface area (Å²) >= 11 is 0. The molecule has 1 aliphatic heterocycles. The molecule has 1 heterocycles. The van der Waals surface area contributed by atoms with Gasteiger partial charge in [-0.15, -0.1) is 0 Å². The topological polar surface area (TPSA) is 37.4 Å². The molecule has 3 atom stereocenters. The summed E-state index contributed by atoms with van der Waals surface area (Å²) in [5.74, 6) is 1.42. The van der Waals surface area contributed by atoms with Crippen LogP contribution in [-0.4, -0.2) is 29.2 Å². The number of hydrogen-bond donors (Lipinski definition) is 0. The largest absolute Gasteiger partial charge is 0.332 e. The lowest BCUT2D eigenvalue weighted by Crippen LogP contribution is -2.41. The van der Waals surface area contributed by atoms with Gasteiger partial charge in [0.15, 0.2) is 5.78 Å². The Balaban J connectivity index is 2.13. The van der Waals surface area contributed by atoms with Crippen LogP contribution in [0, 0.1) is 11.8 Å². The number of ketones is 1. The molecule has 1 amide bonds. The molecule has 2 rings (SSSR count). The summed E-state index contributed by atoms with van der Waals surface area (Å²) in [5, 5.41) is 0. The van der Waals surface area contributed by atoms with Crippen molar-refractivity contribution in [2.75, 3.05) is 6.54 Å². The minimum absolute atomic E-state index is 0.0546. The van der Waals surface area contributed by atoms with Crippen LogP contribution < -0.4 is 0 Å². The van der Waals surface area contributed by atoms with E-state index >= 15 is 0 Å². The summed E-state index contributed by atoms with van der Waals surface area (Å²) in [4.78, 5) is 24.5. The molecule has 3 unspecified atom stereocenters. The van der Waals surface area contributed by atoms with Crippen LogP contribution in [0.5, 0.6) is 0 Å². The second-order valence-electron chi connectivity index (χ2n) is 4.10. The fraction of sp³-hybridized carbons (Fsp3) is 0.800. The maximum absolute atomic E-state index is 11.6. The normalized spacial score (nSPS) is 35.8. The Morgan fingerprint density at radius 2 is 2.15 bits per heavy atom. The van der Waals surface area contributed by atoms with E-state index in [1.165, 1.54) is 0 Å². The molecule has 0 aromatic carbocycles. The van der Waals surface area contributed by atoms with Gasteiger partial charge in [-0.2, -0.15) is 0 Å². The summed E-state index contributed by atoms with van der Waals surface area (Å²) in [6.45, 7) is 4.24. The summed E-state index contributed by atoms with van der Waals surface area (Å²) in [7, 11) is 0. The van der Waals surface area contributed by atoms with Crippen molar-refractivity contribution in [1.82, 2.24) is 4.90 Å². The zero-order chi connectivity index (χ0) is 9.59. The van der Waals surface area contributed by atoms with Crippen LogP contribution in [-0.2, 0) is 9.59 Å². The number of piperidine rings is 1.